The van der Waals surface area contributed by atoms with Crippen molar-refractivity contribution in [1.29, 1.82) is 0 Å². The number of piperidine rings is 1. The molecule has 0 unspecified atom stereocenters. The summed E-state index contributed by atoms with van der Waals surface area (Å²) < 4.78 is 0. The second-order valence-electron chi connectivity index (χ2n) is 4.42. The summed E-state index contributed by atoms with van der Waals surface area (Å²) in [5.74, 6) is 0.838. The molecule has 1 aromatic heterocycles. The Morgan fingerprint density at radius 2 is 2.07 bits per heavy atom. The molecule has 2 heterocycles. The van der Waals surface area contributed by atoms with Gasteiger partial charge in [0.05, 0.1) is 0 Å². The van der Waals surface area contributed by atoms with Crippen LogP contribution in [0.3, 0.4) is 0 Å². The van der Waals surface area contributed by atoms with E-state index in [1.54, 1.807) is 4.88 Å². The maximum atomic E-state index is 2.59. The molecule has 0 radical (unpaired) electrons. The number of nitrogens with zero attached hydrogens (tertiary/aromatic N) is 1. The predicted molar refractivity (Wildman–Crippen MR) is 63.0 cm³/mol. The first-order valence-electron chi connectivity index (χ1n) is 5.55. The van der Waals surface area contributed by atoms with Gasteiger partial charge in [-0.1, -0.05) is 6.07 Å². The zero-order chi connectivity index (χ0) is 9.97. The van der Waals surface area contributed by atoms with Crippen LogP contribution in [0.2, 0.25) is 0 Å². The largest absolute Gasteiger partial charge is 0.301 e. The topological polar surface area (TPSA) is 3.24 Å². The van der Waals surface area contributed by atoms with Gasteiger partial charge in [0.25, 0.3) is 0 Å². The van der Waals surface area contributed by atoms with Crippen molar-refractivity contribution >= 4 is 11.3 Å². The smallest absolute Gasteiger partial charge is 0.00771 e. The van der Waals surface area contributed by atoms with Crippen LogP contribution in [0.25, 0.3) is 0 Å². The van der Waals surface area contributed by atoms with Gasteiger partial charge < -0.3 is 4.90 Å². The minimum absolute atomic E-state index is 0.722. The summed E-state index contributed by atoms with van der Waals surface area (Å²) >= 11 is 1.92. The normalized spacial score (nSPS) is 20.5. The van der Waals surface area contributed by atoms with E-state index in [2.05, 4.69) is 36.3 Å². The Hall–Kier alpha value is -0.340. The second-order valence-corrected chi connectivity index (χ2v) is 5.40. The molecule has 0 atom stereocenters. The van der Waals surface area contributed by atoms with Crippen LogP contribution in [-0.2, 0) is 0 Å². The number of hydrogen-bond acceptors (Lipinski definition) is 2. The molecule has 0 aromatic carbocycles. The summed E-state index contributed by atoms with van der Waals surface area (Å²) in [6, 6.07) is 5.19. The molecule has 1 nitrogen and oxygen atoms in total. The molecule has 0 amide bonds. The van der Waals surface area contributed by atoms with Crippen LogP contribution in [0, 0.1) is 0 Å². The van der Waals surface area contributed by atoms with E-state index in [4.69, 9.17) is 0 Å². The third kappa shape index (κ3) is 2.18. The summed E-state index contributed by atoms with van der Waals surface area (Å²) in [4.78, 5) is 4.18. The van der Waals surface area contributed by atoms with Gasteiger partial charge in [0.15, 0.2) is 0 Å². The molecule has 2 rings (SSSR count). The molecular weight excluding hydrogens is 190 g/mol. The number of thiophene rings is 1. The highest BCUT2D eigenvalue weighted by atomic mass is 32.1. The van der Waals surface area contributed by atoms with Gasteiger partial charge in [0.1, 0.15) is 0 Å². The Morgan fingerprint density at radius 3 is 2.57 bits per heavy atom. The maximum Gasteiger partial charge on any atom is 0.00771 e. The summed E-state index contributed by atoms with van der Waals surface area (Å²) in [5, 5.41) is 2.20. The Labute approximate surface area is 90.7 Å². The van der Waals surface area contributed by atoms with Crippen LogP contribution in [0.4, 0.5) is 0 Å². The van der Waals surface area contributed by atoms with Gasteiger partial charge in [-0.3, -0.25) is 0 Å². The molecule has 1 fully saturated rings. The molecule has 1 aliphatic rings. The molecule has 0 spiro atoms. The fourth-order valence-electron chi connectivity index (χ4n) is 2.22. The van der Waals surface area contributed by atoms with Gasteiger partial charge in [0, 0.05) is 10.9 Å². The first kappa shape index (κ1) is 10.2. The number of rotatable bonds is 2. The molecule has 78 valence electrons. The van der Waals surface area contributed by atoms with E-state index in [-0.39, 0.29) is 0 Å². The van der Waals surface area contributed by atoms with Crippen molar-refractivity contribution in [2.45, 2.75) is 38.6 Å². The van der Waals surface area contributed by atoms with Crippen molar-refractivity contribution in [3.05, 3.63) is 22.4 Å². The van der Waals surface area contributed by atoms with E-state index >= 15 is 0 Å². The second kappa shape index (κ2) is 4.45. The monoisotopic (exact) mass is 209 g/mol. The highest BCUT2D eigenvalue weighted by Gasteiger charge is 2.22. The molecule has 2 heteroatoms. The molecule has 0 bridgehead atoms. The first-order chi connectivity index (χ1) is 6.77. The molecule has 14 heavy (non-hydrogen) atoms. The number of likely N-dealkylation sites (tertiary alicyclic amines) is 1. The van der Waals surface area contributed by atoms with Crippen LogP contribution in [0.1, 0.15) is 37.5 Å². The molecular formula is C12H19NS. The minimum atomic E-state index is 0.722. The van der Waals surface area contributed by atoms with Gasteiger partial charge in [0.2, 0.25) is 0 Å². The summed E-state index contributed by atoms with van der Waals surface area (Å²) in [7, 11) is 0. The van der Waals surface area contributed by atoms with E-state index in [9.17, 15) is 0 Å². The summed E-state index contributed by atoms with van der Waals surface area (Å²) in [6.07, 6.45) is 2.69. The molecule has 1 aromatic rings. The zero-order valence-electron chi connectivity index (χ0n) is 9.07. The highest BCUT2D eigenvalue weighted by Crippen LogP contribution is 2.31. The molecule has 0 saturated carbocycles. The molecule has 1 saturated heterocycles. The molecule has 0 N–H and O–H groups in total. The number of hydrogen-bond donors (Lipinski definition) is 0. The highest BCUT2D eigenvalue weighted by molar-refractivity contribution is 7.10. The third-order valence-electron chi connectivity index (χ3n) is 3.21. The van der Waals surface area contributed by atoms with Gasteiger partial charge in [-0.05, 0) is 57.1 Å². The lowest BCUT2D eigenvalue weighted by Crippen LogP contribution is -2.37. The average molecular weight is 209 g/mol. The Morgan fingerprint density at radius 1 is 1.36 bits per heavy atom. The first-order valence-corrected chi connectivity index (χ1v) is 6.43. The Bertz CT molecular complexity index is 258. The van der Waals surface area contributed by atoms with Crippen LogP contribution in [0.5, 0.6) is 0 Å². The van der Waals surface area contributed by atoms with E-state index in [1.807, 2.05) is 11.3 Å². The summed E-state index contributed by atoms with van der Waals surface area (Å²) in [5.41, 5.74) is 0. The van der Waals surface area contributed by atoms with Gasteiger partial charge >= 0.3 is 0 Å². The van der Waals surface area contributed by atoms with E-state index in [0.717, 1.165) is 12.0 Å². The standard InChI is InChI=1S/C12H19NS/c1-10(2)13-7-5-11(6-8-13)12-4-3-9-14-12/h3-4,9-11H,5-8H2,1-2H3. The Kier molecular flexibility index (Phi) is 3.24. The van der Waals surface area contributed by atoms with Crippen molar-refractivity contribution in [3.63, 3.8) is 0 Å². The lowest BCUT2D eigenvalue weighted by Gasteiger charge is -2.34. The average Bonchev–Trinajstić information content (AvgIpc) is 2.71. The van der Waals surface area contributed by atoms with Crippen molar-refractivity contribution in [2.24, 2.45) is 0 Å². The quantitative estimate of drug-likeness (QED) is 0.722. The predicted octanol–water partition coefficient (Wildman–Crippen LogP) is 3.34. The lowest BCUT2D eigenvalue weighted by atomic mass is 9.94. The van der Waals surface area contributed by atoms with Crippen LogP contribution in [0.15, 0.2) is 17.5 Å². The fourth-order valence-corrected chi connectivity index (χ4v) is 3.12. The lowest BCUT2D eigenvalue weighted by molar-refractivity contribution is 0.172. The summed E-state index contributed by atoms with van der Waals surface area (Å²) in [6.45, 7) is 7.15. The van der Waals surface area contributed by atoms with Gasteiger partial charge in [-0.25, -0.2) is 0 Å². The van der Waals surface area contributed by atoms with Gasteiger partial charge in [-0.15, -0.1) is 11.3 Å². The van der Waals surface area contributed by atoms with Crippen LogP contribution in [-0.4, -0.2) is 24.0 Å². The van der Waals surface area contributed by atoms with Gasteiger partial charge in [-0.2, -0.15) is 0 Å². The Balaban J connectivity index is 1.90. The minimum Gasteiger partial charge on any atom is -0.301 e. The van der Waals surface area contributed by atoms with Crippen molar-refractivity contribution < 1.29 is 0 Å². The fraction of sp³-hybridized carbons (Fsp3) is 0.667. The maximum absolute atomic E-state index is 2.59. The van der Waals surface area contributed by atoms with Crippen molar-refractivity contribution in [1.82, 2.24) is 4.90 Å². The van der Waals surface area contributed by atoms with Crippen molar-refractivity contribution in [2.75, 3.05) is 13.1 Å². The van der Waals surface area contributed by atoms with E-state index in [1.165, 1.54) is 25.9 Å². The molecule has 1 aliphatic heterocycles. The van der Waals surface area contributed by atoms with Crippen LogP contribution < -0.4 is 0 Å². The van der Waals surface area contributed by atoms with E-state index < -0.39 is 0 Å². The molecule has 0 aliphatic carbocycles. The van der Waals surface area contributed by atoms with Crippen molar-refractivity contribution in [3.8, 4) is 0 Å². The van der Waals surface area contributed by atoms with Crippen LogP contribution >= 0.6 is 11.3 Å². The SMILES string of the molecule is CC(C)N1CCC(c2cccs2)CC1. The third-order valence-corrected chi connectivity index (χ3v) is 4.24. The zero-order valence-corrected chi connectivity index (χ0v) is 9.89. The van der Waals surface area contributed by atoms with E-state index in [0.29, 0.717) is 0 Å².